The Morgan fingerprint density at radius 1 is 1.28 bits per heavy atom. The Balaban J connectivity index is 1.24. The number of fused-ring (bicyclic) bond motifs is 2. The quantitative estimate of drug-likeness (QED) is 0.659. The van der Waals surface area contributed by atoms with Crippen LogP contribution in [0.25, 0.3) is 0 Å². The molecule has 0 aromatic heterocycles. The number of hydrogen-bond acceptors (Lipinski definition) is 5. The lowest BCUT2D eigenvalue weighted by atomic mass is 9.83. The molecule has 3 heterocycles. The van der Waals surface area contributed by atoms with Gasteiger partial charge in [-0.15, -0.1) is 0 Å². The number of piperidine rings is 1. The molecule has 154 valence electrons. The molecular weight excluding hydrogens is 368 g/mol. The molecule has 1 aromatic carbocycles. The highest BCUT2D eigenvalue weighted by atomic mass is 16.2. The smallest absolute Gasteiger partial charge is 0.255 e. The Morgan fingerprint density at radius 3 is 2.93 bits per heavy atom. The third-order valence-corrected chi connectivity index (χ3v) is 7.37. The van der Waals surface area contributed by atoms with Gasteiger partial charge in [0.15, 0.2) is 0 Å². The van der Waals surface area contributed by atoms with E-state index in [-0.39, 0.29) is 24.1 Å². The largest absolute Gasteiger partial charge is 0.322 e. The van der Waals surface area contributed by atoms with E-state index in [1.165, 1.54) is 12.8 Å². The Bertz CT molecular complexity index is 885. The number of hydrogen-bond donors (Lipinski definition) is 3. The van der Waals surface area contributed by atoms with Crippen molar-refractivity contribution in [2.75, 3.05) is 13.1 Å². The monoisotopic (exact) mass is 396 g/mol. The summed E-state index contributed by atoms with van der Waals surface area (Å²) in [5.74, 6) is 0.0255. The third kappa shape index (κ3) is 3.26. The van der Waals surface area contributed by atoms with Crippen molar-refractivity contribution in [3.05, 3.63) is 34.9 Å². The van der Waals surface area contributed by atoms with Crippen LogP contribution in [0.3, 0.4) is 0 Å². The van der Waals surface area contributed by atoms with Gasteiger partial charge >= 0.3 is 0 Å². The van der Waals surface area contributed by atoms with Gasteiger partial charge < -0.3 is 15.5 Å². The minimum atomic E-state index is -0.554. The minimum Gasteiger partial charge on any atom is -0.322 e. The van der Waals surface area contributed by atoms with Crippen LogP contribution >= 0.6 is 0 Å². The first kappa shape index (κ1) is 18.8. The van der Waals surface area contributed by atoms with Gasteiger partial charge in [-0.3, -0.25) is 19.7 Å². The number of nitrogens with one attached hydrogen (secondary N) is 3. The van der Waals surface area contributed by atoms with Crippen molar-refractivity contribution in [1.82, 2.24) is 20.9 Å². The van der Waals surface area contributed by atoms with Crippen LogP contribution in [0.1, 0.15) is 54.1 Å². The predicted molar refractivity (Wildman–Crippen MR) is 107 cm³/mol. The summed E-state index contributed by atoms with van der Waals surface area (Å²) < 4.78 is 0. The molecule has 29 heavy (non-hydrogen) atoms. The summed E-state index contributed by atoms with van der Waals surface area (Å²) in [7, 11) is 0. The molecule has 3 N–H and O–H groups in total. The van der Waals surface area contributed by atoms with Crippen LogP contribution < -0.4 is 16.0 Å². The van der Waals surface area contributed by atoms with Crippen molar-refractivity contribution >= 4 is 17.7 Å². The zero-order chi connectivity index (χ0) is 20.2. The zero-order valence-corrected chi connectivity index (χ0v) is 16.8. The van der Waals surface area contributed by atoms with Crippen molar-refractivity contribution in [3.8, 4) is 0 Å². The summed E-state index contributed by atoms with van der Waals surface area (Å²) in [4.78, 5) is 38.1. The summed E-state index contributed by atoms with van der Waals surface area (Å²) in [6.07, 6.45) is 3.08. The number of carbonyl (C=O) groups excluding carboxylic acids is 3. The number of carbonyl (C=O) groups is 3. The topological polar surface area (TPSA) is 90.5 Å². The van der Waals surface area contributed by atoms with E-state index in [0.717, 1.165) is 36.7 Å². The van der Waals surface area contributed by atoms with Crippen LogP contribution in [-0.2, 0) is 22.7 Å². The van der Waals surface area contributed by atoms with E-state index in [1.807, 2.05) is 12.1 Å². The van der Waals surface area contributed by atoms with Crippen LogP contribution in [-0.4, -0.2) is 47.8 Å². The molecule has 3 fully saturated rings. The highest BCUT2D eigenvalue weighted by molar-refractivity contribution is 6.05. The van der Waals surface area contributed by atoms with Crippen LogP contribution in [0.2, 0.25) is 0 Å². The minimum absolute atomic E-state index is 0.106. The van der Waals surface area contributed by atoms with Gasteiger partial charge in [-0.1, -0.05) is 19.1 Å². The molecular formula is C22H28N4O3. The van der Waals surface area contributed by atoms with Crippen molar-refractivity contribution in [3.63, 3.8) is 0 Å². The van der Waals surface area contributed by atoms with Crippen molar-refractivity contribution in [2.45, 2.75) is 57.8 Å². The van der Waals surface area contributed by atoms with Crippen LogP contribution in [0, 0.1) is 11.3 Å². The molecule has 1 unspecified atom stereocenters. The summed E-state index contributed by atoms with van der Waals surface area (Å²) in [5, 5.41) is 9.55. The summed E-state index contributed by atoms with van der Waals surface area (Å²) in [5.41, 5.74) is 3.15. The van der Waals surface area contributed by atoms with Crippen molar-refractivity contribution < 1.29 is 14.4 Å². The number of imide groups is 1. The SMILES string of the molecule is C[C@]12CNC[C@H]1C[C@@H](NCc1ccc3c(c1)C(=O)N(C1CCC(=O)NC1=O)C3)C2. The average molecular weight is 396 g/mol. The molecule has 3 aliphatic heterocycles. The van der Waals surface area contributed by atoms with E-state index in [1.54, 1.807) is 4.90 Å². The molecule has 0 spiro atoms. The maximum Gasteiger partial charge on any atom is 0.255 e. The van der Waals surface area contributed by atoms with Gasteiger partial charge in [-0.25, -0.2) is 0 Å². The highest BCUT2D eigenvalue weighted by Gasteiger charge is 2.46. The van der Waals surface area contributed by atoms with Gasteiger partial charge in [0.1, 0.15) is 6.04 Å². The van der Waals surface area contributed by atoms with Crippen molar-refractivity contribution in [1.29, 1.82) is 0 Å². The van der Waals surface area contributed by atoms with Gasteiger partial charge in [0.05, 0.1) is 0 Å². The lowest BCUT2D eigenvalue weighted by molar-refractivity contribution is -0.136. The fourth-order valence-corrected chi connectivity index (χ4v) is 5.65. The van der Waals surface area contributed by atoms with E-state index >= 15 is 0 Å². The first-order valence-electron chi connectivity index (χ1n) is 10.6. The predicted octanol–water partition coefficient (Wildman–Crippen LogP) is 0.925. The molecule has 1 saturated carbocycles. The van der Waals surface area contributed by atoms with Gasteiger partial charge in [0, 0.05) is 37.7 Å². The number of nitrogens with zero attached hydrogens (tertiary/aromatic N) is 1. The van der Waals surface area contributed by atoms with Gasteiger partial charge in [-0.05, 0) is 54.3 Å². The Morgan fingerprint density at radius 2 is 2.14 bits per heavy atom. The standard InChI is InChI=1S/C22H28N4O3/c1-22-8-16(7-15(22)10-23-12-22)24-9-13-2-3-14-11-26(21(29)17(14)6-13)18-4-5-19(27)25-20(18)28/h2-3,6,15-16,18,23-24H,4-5,7-12H2,1H3,(H,25,27,28)/t15-,16-,18?,22+/m1/s1. The zero-order valence-electron chi connectivity index (χ0n) is 16.8. The molecule has 7 nitrogen and oxygen atoms in total. The number of rotatable bonds is 4. The third-order valence-electron chi connectivity index (χ3n) is 7.37. The molecule has 4 atom stereocenters. The van der Waals surface area contributed by atoms with E-state index in [2.05, 4.69) is 28.9 Å². The second-order valence-electron chi connectivity index (χ2n) is 9.39. The first-order valence-corrected chi connectivity index (χ1v) is 10.6. The van der Waals surface area contributed by atoms with Gasteiger partial charge in [0.25, 0.3) is 5.91 Å². The van der Waals surface area contributed by atoms with Gasteiger partial charge in [0.2, 0.25) is 11.8 Å². The van der Waals surface area contributed by atoms with E-state index < -0.39 is 6.04 Å². The van der Waals surface area contributed by atoms with Crippen LogP contribution in [0.15, 0.2) is 18.2 Å². The van der Waals surface area contributed by atoms with E-state index in [4.69, 9.17) is 0 Å². The van der Waals surface area contributed by atoms with E-state index in [9.17, 15) is 14.4 Å². The molecule has 2 saturated heterocycles. The second-order valence-corrected chi connectivity index (χ2v) is 9.39. The maximum atomic E-state index is 12.9. The fourth-order valence-electron chi connectivity index (χ4n) is 5.65. The molecule has 4 aliphatic rings. The molecule has 1 aromatic rings. The molecule has 5 rings (SSSR count). The molecule has 0 bridgehead atoms. The van der Waals surface area contributed by atoms with Crippen LogP contribution in [0.4, 0.5) is 0 Å². The lowest BCUT2D eigenvalue weighted by Crippen LogP contribution is -2.52. The first-order chi connectivity index (χ1) is 13.9. The second kappa shape index (κ2) is 6.92. The highest BCUT2D eigenvalue weighted by Crippen LogP contribution is 2.45. The van der Waals surface area contributed by atoms with E-state index in [0.29, 0.717) is 30.0 Å². The Kier molecular flexibility index (Phi) is 4.47. The Labute approximate surface area is 170 Å². The summed E-state index contributed by atoms with van der Waals surface area (Å²) in [6.45, 7) is 5.80. The van der Waals surface area contributed by atoms with Crippen LogP contribution in [0.5, 0.6) is 0 Å². The molecule has 7 heteroatoms. The fraction of sp³-hybridized carbons (Fsp3) is 0.591. The number of benzene rings is 1. The normalized spacial score (nSPS) is 33.8. The summed E-state index contributed by atoms with van der Waals surface area (Å²) in [6, 6.07) is 6.02. The molecule has 0 radical (unpaired) electrons. The molecule has 1 aliphatic carbocycles. The average Bonchev–Trinajstić information content (AvgIpc) is 3.30. The number of amides is 3. The lowest BCUT2D eigenvalue weighted by Gasteiger charge is -2.29. The van der Waals surface area contributed by atoms with Gasteiger partial charge in [-0.2, -0.15) is 0 Å². The Hall–Kier alpha value is -2.25. The molecule has 3 amide bonds. The van der Waals surface area contributed by atoms with Crippen molar-refractivity contribution in [2.24, 2.45) is 11.3 Å². The summed E-state index contributed by atoms with van der Waals surface area (Å²) >= 11 is 0. The maximum absolute atomic E-state index is 12.9.